The van der Waals surface area contributed by atoms with Crippen LogP contribution in [0.2, 0.25) is 0 Å². The Morgan fingerprint density at radius 2 is 1.84 bits per heavy atom. The average Bonchev–Trinajstić information content (AvgIpc) is 2.83. The molecule has 2 rings (SSSR count). The van der Waals surface area contributed by atoms with Gasteiger partial charge >= 0.3 is 11.9 Å². The van der Waals surface area contributed by atoms with Crippen molar-refractivity contribution in [2.24, 2.45) is 0 Å². The third-order valence-electron chi connectivity index (χ3n) is 2.59. The molecule has 98 valence electrons. The van der Waals surface area contributed by atoms with Gasteiger partial charge in [0.05, 0.1) is 12.7 Å². The molecule has 0 unspecified atom stereocenters. The van der Waals surface area contributed by atoms with E-state index in [1.54, 1.807) is 24.3 Å². The van der Waals surface area contributed by atoms with Gasteiger partial charge in [-0.3, -0.25) is 0 Å². The monoisotopic (exact) mass is 262 g/mol. The van der Waals surface area contributed by atoms with Gasteiger partial charge in [0, 0.05) is 0 Å². The minimum atomic E-state index is -1.37. The lowest BCUT2D eigenvalue weighted by atomic mass is 10.0. The second-order valence-electron chi connectivity index (χ2n) is 3.66. The number of carbonyl (C=O) groups is 2. The van der Waals surface area contributed by atoms with Crippen molar-refractivity contribution in [2.45, 2.75) is 0 Å². The lowest BCUT2D eigenvalue weighted by molar-refractivity contribution is 0.0653. The van der Waals surface area contributed by atoms with Gasteiger partial charge in [0.2, 0.25) is 0 Å². The maximum atomic E-state index is 11.2. The van der Waals surface area contributed by atoms with Crippen LogP contribution in [0.25, 0.3) is 11.3 Å². The predicted octanol–water partition coefficient (Wildman–Crippen LogP) is 2.35. The first-order chi connectivity index (χ1) is 9.06. The van der Waals surface area contributed by atoms with Crippen molar-refractivity contribution in [1.29, 1.82) is 0 Å². The highest BCUT2D eigenvalue weighted by molar-refractivity contribution is 6.06. The molecule has 0 aliphatic carbocycles. The molecule has 0 aliphatic heterocycles. The van der Waals surface area contributed by atoms with Crippen molar-refractivity contribution < 1.29 is 29.0 Å². The number of ether oxygens (including phenoxy) is 1. The molecule has 1 aromatic heterocycles. The number of aromatic carboxylic acids is 2. The summed E-state index contributed by atoms with van der Waals surface area (Å²) in [7, 11) is 1.43. The maximum absolute atomic E-state index is 11.2. The highest BCUT2D eigenvalue weighted by atomic mass is 16.5. The molecular weight excluding hydrogens is 252 g/mol. The molecule has 0 bridgehead atoms. The van der Waals surface area contributed by atoms with Gasteiger partial charge in [-0.15, -0.1) is 0 Å². The number of methoxy groups -OCH3 is 1. The van der Waals surface area contributed by atoms with Crippen LogP contribution in [0.5, 0.6) is 5.75 Å². The Morgan fingerprint density at radius 1 is 1.16 bits per heavy atom. The smallest absolute Gasteiger partial charge is 0.340 e. The van der Waals surface area contributed by atoms with Crippen molar-refractivity contribution in [2.75, 3.05) is 7.11 Å². The van der Waals surface area contributed by atoms with Crippen LogP contribution in [0.15, 0.2) is 34.9 Å². The molecule has 0 spiro atoms. The fraction of sp³-hybridized carbons (Fsp3) is 0.0769. The number of rotatable bonds is 4. The van der Waals surface area contributed by atoms with E-state index in [4.69, 9.17) is 19.4 Å². The summed E-state index contributed by atoms with van der Waals surface area (Å²) in [5.41, 5.74) is -0.402. The SMILES string of the molecule is COc1ccccc1-c1occ(C(=O)O)c1C(=O)O. The van der Waals surface area contributed by atoms with E-state index in [2.05, 4.69) is 0 Å². The van der Waals surface area contributed by atoms with Gasteiger partial charge in [0.1, 0.15) is 23.1 Å². The minimum Gasteiger partial charge on any atom is -0.496 e. The van der Waals surface area contributed by atoms with E-state index in [1.165, 1.54) is 7.11 Å². The zero-order valence-corrected chi connectivity index (χ0v) is 9.91. The summed E-state index contributed by atoms with van der Waals surface area (Å²) in [6, 6.07) is 6.61. The summed E-state index contributed by atoms with van der Waals surface area (Å²) in [5.74, 6) is -2.37. The molecule has 0 saturated heterocycles. The summed E-state index contributed by atoms with van der Waals surface area (Å²) in [6.07, 6.45) is 0.910. The Morgan fingerprint density at radius 3 is 2.42 bits per heavy atom. The summed E-state index contributed by atoms with van der Waals surface area (Å²) in [4.78, 5) is 22.2. The molecule has 2 N–H and O–H groups in total. The molecule has 2 aromatic rings. The van der Waals surface area contributed by atoms with Gasteiger partial charge in [0.15, 0.2) is 5.76 Å². The Labute approximate surface area is 107 Å². The molecule has 0 amide bonds. The van der Waals surface area contributed by atoms with Gasteiger partial charge in [0.25, 0.3) is 0 Å². The van der Waals surface area contributed by atoms with Crippen LogP contribution in [0, 0.1) is 0 Å². The Bertz CT molecular complexity index is 640. The van der Waals surface area contributed by atoms with Gasteiger partial charge in [-0.2, -0.15) is 0 Å². The second kappa shape index (κ2) is 4.85. The van der Waals surface area contributed by atoms with Gasteiger partial charge in [-0.25, -0.2) is 9.59 Å². The molecule has 0 saturated carbocycles. The zero-order chi connectivity index (χ0) is 14.0. The van der Waals surface area contributed by atoms with Gasteiger partial charge in [-0.05, 0) is 12.1 Å². The quantitative estimate of drug-likeness (QED) is 0.877. The van der Waals surface area contributed by atoms with Gasteiger partial charge in [-0.1, -0.05) is 12.1 Å². The van der Waals surface area contributed by atoms with Crippen molar-refractivity contribution in [3.63, 3.8) is 0 Å². The summed E-state index contributed by atoms with van der Waals surface area (Å²) < 4.78 is 10.2. The number of furan rings is 1. The van der Waals surface area contributed by atoms with Crippen molar-refractivity contribution in [3.05, 3.63) is 41.7 Å². The molecule has 6 nitrogen and oxygen atoms in total. The Kier molecular flexibility index (Phi) is 3.24. The van der Waals surface area contributed by atoms with E-state index in [-0.39, 0.29) is 5.76 Å². The molecular formula is C13H10O6. The zero-order valence-electron chi connectivity index (χ0n) is 9.91. The number of hydrogen-bond donors (Lipinski definition) is 2. The van der Waals surface area contributed by atoms with Gasteiger partial charge < -0.3 is 19.4 Å². The predicted molar refractivity (Wildman–Crippen MR) is 64.6 cm³/mol. The molecule has 6 heteroatoms. The molecule has 0 fully saturated rings. The normalized spacial score (nSPS) is 10.2. The number of para-hydroxylation sites is 1. The first-order valence-corrected chi connectivity index (χ1v) is 5.27. The van der Waals surface area contributed by atoms with Crippen LogP contribution in [-0.4, -0.2) is 29.3 Å². The second-order valence-corrected chi connectivity index (χ2v) is 3.66. The molecule has 1 aromatic carbocycles. The highest BCUT2D eigenvalue weighted by Gasteiger charge is 2.26. The number of hydrogen-bond acceptors (Lipinski definition) is 4. The van der Waals surface area contributed by atoms with Crippen LogP contribution >= 0.6 is 0 Å². The number of carboxylic acids is 2. The van der Waals surface area contributed by atoms with Crippen LogP contribution in [0.4, 0.5) is 0 Å². The molecule has 0 aliphatic rings. The third-order valence-corrected chi connectivity index (χ3v) is 2.59. The highest BCUT2D eigenvalue weighted by Crippen LogP contribution is 2.34. The van der Waals surface area contributed by atoms with Crippen molar-refractivity contribution in [3.8, 4) is 17.1 Å². The Balaban J connectivity index is 2.69. The van der Waals surface area contributed by atoms with E-state index in [0.29, 0.717) is 11.3 Å². The van der Waals surface area contributed by atoms with Crippen LogP contribution in [0.1, 0.15) is 20.7 Å². The Hall–Kier alpha value is -2.76. The van der Waals surface area contributed by atoms with Crippen LogP contribution in [0.3, 0.4) is 0 Å². The van der Waals surface area contributed by atoms with E-state index < -0.39 is 23.1 Å². The fourth-order valence-electron chi connectivity index (χ4n) is 1.76. The van der Waals surface area contributed by atoms with E-state index in [1.807, 2.05) is 0 Å². The molecule has 0 atom stereocenters. The molecule has 1 heterocycles. The van der Waals surface area contributed by atoms with Crippen LogP contribution in [-0.2, 0) is 0 Å². The van der Waals surface area contributed by atoms with Crippen molar-refractivity contribution in [1.82, 2.24) is 0 Å². The standard InChI is InChI=1S/C13H10O6/c1-18-9-5-3-2-4-7(9)11-10(13(16)17)8(6-19-11)12(14)15/h2-6H,1H3,(H,14,15)(H,16,17). The lowest BCUT2D eigenvalue weighted by Crippen LogP contribution is -2.06. The third kappa shape index (κ3) is 2.15. The van der Waals surface area contributed by atoms with E-state index in [0.717, 1.165) is 6.26 Å². The minimum absolute atomic E-state index is 0.0395. The summed E-state index contributed by atoms with van der Waals surface area (Å²) >= 11 is 0. The number of carboxylic acid groups (broad SMARTS) is 2. The lowest BCUT2D eigenvalue weighted by Gasteiger charge is -2.06. The topological polar surface area (TPSA) is 97.0 Å². The van der Waals surface area contributed by atoms with Crippen molar-refractivity contribution >= 4 is 11.9 Å². The molecule has 0 radical (unpaired) electrons. The first-order valence-electron chi connectivity index (χ1n) is 5.27. The molecule has 19 heavy (non-hydrogen) atoms. The largest absolute Gasteiger partial charge is 0.496 e. The summed E-state index contributed by atoms with van der Waals surface area (Å²) in [6.45, 7) is 0. The maximum Gasteiger partial charge on any atom is 0.340 e. The fourth-order valence-corrected chi connectivity index (χ4v) is 1.76. The first kappa shape index (κ1) is 12.7. The number of benzene rings is 1. The summed E-state index contributed by atoms with van der Waals surface area (Å²) in [5, 5.41) is 18.1. The van der Waals surface area contributed by atoms with Crippen LogP contribution < -0.4 is 4.74 Å². The van der Waals surface area contributed by atoms with E-state index >= 15 is 0 Å². The van der Waals surface area contributed by atoms with E-state index in [9.17, 15) is 9.59 Å². The average molecular weight is 262 g/mol.